The molecule has 0 unspecified atom stereocenters. The van der Waals surface area contributed by atoms with Crippen molar-refractivity contribution in [3.05, 3.63) is 69.8 Å². The Kier molecular flexibility index (Phi) is 2.92. The van der Waals surface area contributed by atoms with Crippen LogP contribution in [0.25, 0.3) is 12.2 Å². The average molecular weight is 304 g/mol. The summed E-state index contributed by atoms with van der Waals surface area (Å²) in [5.74, 6) is 0.902. The second-order valence-corrected chi connectivity index (χ2v) is 6.56. The first-order valence-corrected chi connectivity index (χ1v) is 7.95. The van der Waals surface area contributed by atoms with Crippen LogP contribution in [0, 0.1) is 13.8 Å². The molecule has 2 aromatic rings. The maximum atomic E-state index is 6.37. The van der Waals surface area contributed by atoms with Crippen molar-refractivity contribution in [3.63, 3.8) is 0 Å². The Morgan fingerprint density at radius 1 is 0.652 bits per heavy atom. The molecule has 2 nitrogen and oxygen atoms in total. The summed E-state index contributed by atoms with van der Waals surface area (Å²) < 4.78 is 12.7. The molecule has 23 heavy (non-hydrogen) atoms. The van der Waals surface area contributed by atoms with Crippen LogP contribution < -0.4 is 9.47 Å². The van der Waals surface area contributed by atoms with E-state index in [1.807, 2.05) is 12.1 Å². The van der Waals surface area contributed by atoms with Crippen LogP contribution in [0.3, 0.4) is 0 Å². The Bertz CT molecular complexity index is 798. The largest absolute Gasteiger partial charge is 0.444 e. The van der Waals surface area contributed by atoms with E-state index in [0.717, 1.165) is 33.8 Å². The monoisotopic (exact) mass is 304 g/mol. The first-order valence-electron chi connectivity index (χ1n) is 7.95. The Morgan fingerprint density at radius 2 is 1.09 bits per heavy atom. The molecule has 0 fully saturated rings. The van der Waals surface area contributed by atoms with Crippen molar-refractivity contribution in [2.45, 2.75) is 33.5 Å². The Labute approximate surface area is 137 Å². The van der Waals surface area contributed by atoms with Gasteiger partial charge in [0.1, 0.15) is 11.5 Å². The summed E-state index contributed by atoms with van der Waals surface area (Å²) in [7, 11) is 0. The van der Waals surface area contributed by atoms with Crippen molar-refractivity contribution in [2.24, 2.45) is 0 Å². The summed E-state index contributed by atoms with van der Waals surface area (Å²) in [6, 6.07) is 12.5. The van der Waals surface area contributed by atoms with E-state index >= 15 is 0 Å². The van der Waals surface area contributed by atoms with Gasteiger partial charge >= 0.3 is 0 Å². The Balaban J connectivity index is 1.85. The van der Waals surface area contributed by atoms with Gasteiger partial charge in [0, 0.05) is 22.3 Å². The molecule has 0 radical (unpaired) electrons. The summed E-state index contributed by atoms with van der Waals surface area (Å²) in [6.45, 7) is 8.33. The van der Waals surface area contributed by atoms with Gasteiger partial charge in [-0.1, -0.05) is 23.3 Å². The zero-order chi connectivity index (χ0) is 16.2. The minimum atomic E-state index is -0.829. The van der Waals surface area contributed by atoms with Crippen LogP contribution in [0.1, 0.15) is 36.1 Å². The molecule has 0 amide bonds. The van der Waals surface area contributed by atoms with Gasteiger partial charge in [0.25, 0.3) is 5.79 Å². The number of rotatable bonds is 0. The van der Waals surface area contributed by atoms with E-state index in [9.17, 15) is 0 Å². The van der Waals surface area contributed by atoms with E-state index < -0.39 is 5.79 Å². The number of aryl methyl sites for hydroxylation is 2. The second-order valence-electron chi connectivity index (χ2n) is 6.56. The topological polar surface area (TPSA) is 18.5 Å². The summed E-state index contributed by atoms with van der Waals surface area (Å²) in [6.07, 6.45) is 4.34. The zero-order valence-corrected chi connectivity index (χ0v) is 13.9. The number of fused-ring (bicyclic) bond motifs is 2. The maximum Gasteiger partial charge on any atom is 0.297 e. The molecule has 1 spiro atoms. The predicted molar refractivity (Wildman–Crippen MR) is 93.6 cm³/mol. The fourth-order valence-corrected chi connectivity index (χ4v) is 3.37. The predicted octanol–water partition coefficient (Wildman–Crippen LogP) is 5.29. The van der Waals surface area contributed by atoms with Crippen molar-refractivity contribution in [3.8, 4) is 11.5 Å². The minimum absolute atomic E-state index is 0.829. The first-order chi connectivity index (χ1) is 11.0. The summed E-state index contributed by atoms with van der Waals surface area (Å²) in [5, 5.41) is 0. The Hall–Kier alpha value is -2.48. The van der Waals surface area contributed by atoms with Crippen molar-refractivity contribution in [2.75, 3.05) is 0 Å². The molecule has 2 heterocycles. The van der Waals surface area contributed by atoms with Crippen molar-refractivity contribution >= 4 is 12.2 Å². The molecule has 4 rings (SSSR count). The van der Waals surface area contributed by atoms with E-state index in [0.29, 0.717) is 0 Å². The number of hydrogen-bond acceptors (Lipinski definition) is 2. The van der Waals surface area contributed by atoms with Crippen LogP contribution >= 0.6 is 0 Å². The number of ether oxygens (including phenoxy) is 2. The second kappa shape index (κ2) is 4.76. The molecule has 0 bridgehead atoms. The highest BCUT2D eigenvalue weighted by atomic mass is 16.7. The van der Waals surface area contributed by atoms with Crippen LogP contribution in [0.15, 0.2) is 47.5 Å². The first kappa shape index (κ1) is 14.1. The summed E-state index contributed by atoms with van der Waals surface area (Å²) in [4.78, 5) is 0. The lowest BCUT2D eigenvalue weighted by atomic mass is 9.90. The molecule has 116 valence electrons. The summed E-state index contributed by atoms with van der Waals surface area (Å²) in [5.41, 5.74) is 6.81. The minimum Gasteiger partial charge on any atom is -0.444 e. The lowest BCUT2D eigenvalue weighted by Crippen LogP contribution is -2.47. The standard InChI is InChI=1S/C21H20O2/c1-13-5-7-19-17(9-13)11-15(3)21(22-19)16(4)12-18-10-14(2)6-8-20(18)23-21/h5-12H,1-4H3. The van der Waals surface area contributed by atoms with E-state index in [2.05, 4.69) is 64.1 Å². The van der Waals surface area contributed by atoms with Gasteiger partial charge in [-0.05, 0) is 64.1 Å². The van der Waals surface area contributed by atoms with Gasteiger partial charge < -0.3 is 9.47 Å². The third kappa shape index (κ3) is 2.09. The van der Waals surface area contributed by atoms with E-state index in [1.165, 1.54) is 11.1 Å². The third-order valence-electron chi connectivity index (χ3n) is 4.62. The SMILES string of the molecule is CC1=Cc2cc(C)ccc2OC12Oc1ccc(C)cc1C=C2C. The average Bonchev–Trinajstić information content (AvgIpc) is 2.50. The van der Waals surface area contributed by atoms with Crippen molar-refractivity contribution in [1.29, 1.82) is 0 Å². The molecule has 2 aliphatic heterocycles. The van der Waals surface area contributed by atoms with Gasteiger partial charge in [-0.2, -0.15) is 0 Å². The fourth-order valence-electron chi connectivity index (χ4n) is 3.37. The van der Waals surface area contributed by atoms with Gasteiger partial charge in [0.05, 0.1) is 0 Å². The number of benzene rings is 2. The normalized spacial score (nSPS) is 17.4. The molecular formula is C21H20O2. The van der Waals surface area contributed by atoms with Gasteiger partial charge in [0.2, 0.25) is 0 Å². The quantitative estimate of drug-likeness (QED) is 0.658. The molecule has 0 aliphatic carbocycles. The zero-order valence-electron chi connectivity index (χ0n) is 13.9. The highest BCUT2D eigenvalue weighted by Gasteiger charge is 2.44. The van der Waals surface area contributed by atoms with E-state index in [-0.39, 0.29) is 0 Å². The van der Waals surface area contributed by atoms with Gasteiger partial charge in [-0.3, -0.25) is 0 Å². The van der Waals surface area contributed by atoms with Crippen LogP contribution in [-0.2, 0) is 0 Å². The van der Waals surface area contributed by atoms with E-state index in [1.54, 1.807) is 0 Å². The summed E-state index contributed by atoms with van der Waals surface area (Å²) >= 11 is 0. The van der Waals surface area contributed by atoms with Crippen LogP contribution in [0.4, 0.5) is 0 Å². The fraction of sp³-hybridized carbons (Fsp3) is 0.238. The molecule has 0 N–H and O–H groups in total. The molecule has 0 aromatic heterocycles. The molecule has 2 aliphatic rings. The molecular weight excluding hydrogens is 284 g/mol. The van der Waals surface area contributed by atoms with Crippen molar-refractivity contribution in [1.82, 2.24) is 0 Å². The molecule has 2 aromatic carbocycles. The lowest BCUT2D eigenvalue weighted by molar-refractivity contribution is -0.0514. The van der Waals surface area contributed by atoms with Crippen molar-refractivity contribution < 1.29 is 9.47 Å². The molecule has 0 saturated carbocycles. The Morgan fingerprint density at radius 3 is 1.52 bits per heavy atom. The third-order valence-corrected chi connectivity index (χ3v) is 4.62. The smallest absolute Gasteiger partial charge is 0.297 e. The maximum absolute atomic E-state index is 6.37. The van der Waals surface area contributed by atoms with E-state index in [4.69, 9.17) is 9.47 Å². The van der Waals surface area contributed by atoms with Crippen LogP contribution in [0.5, 0.6) is 11.5 Å². The highest BCUT2D eigenvalue weighted by molar-refractivity contribution is 5.71. The van der Waals surface area contributed by atoms with Crippen LogP contribution in [0.2, 0.25) is 0 Å². The molecule has 0 saturated heterocycles. The highest BCUT2D eigenvalue weighted by Crippen LogP contribution is 2.45. The van der Waals surface area contributed by atoms with Crippen LogP contribution in [-0.4, -0.2) is 5.79 Å². The van der Waals surface area contributed by atoms with Gasteiger partial charge in [-0.25, -0.2) is 0 Å². The lowest BCUT2D eigenvalue weighted by Gasteiger charge is -2.41. The number of hydrogen-bond donors (Lipinski definition) is 0. The van der Waals surface area contributed by atoms with Gasteiger partial charge in [-0.15, -0.1) is 0 Å². The van der Waals surface area contributed by atoms with Gasteiger partial charge in [0.15, 0.2) is 0 Å². The molecule has 2 heteroatoms. The molecule has 0 atom stereocenters.